The zero-order valence-corrected chi connectivity index (χ0v) is 20.6. The summed E-state index contributed by atoms with van der Waals surface area (Å²) in [7, 11) is -3.69. The van der Waals surface area contributed by atoms with Gasteiger partial charge in [-0.1, -0.05) is 12.1 Å². The number of anilines is 1. The minimum Gasteiger partial charge on any atom is -0.352 e. The molecule has 1 saturated heterocycles. The van der Waals surface area contributed by atoms with Crippen LogP contribution in [0.3, 0.4) is 0 Å². The van der Waals surface area contributed by atoms with Crippen molar-refractivity contribution in [1.82, 2.24) is 9.62 Å². The van der Waals surface area contributed by atoms with Crippen molar-refractivity contribution in [3.63, 3.8) is 0 Å². The second-order valence-corrected chi connectivity index (χ2v) is 11.8. The first-order chi connectivity index (χ1) is 16.7. The van der Waals surface area contributed by atoms with Crippen LogP contribution in [0.2, 0.25) is 0 Å². The molecule has 7 nitrogen and oxygen atoms in total. The van der Waals surface area contributed by atoms with Gasteiger partial charge in [-0.15, -0.1) is 0 Å². The standard InChI is InChI=1S/C26H30FN3O4S/c1-17-14-21-15-23(8-9-24(21)30(17)26(32)20-4-5-20)35(33,34)29-12-10-19(11-13-29)25(31)28-16-18-2-6-22(27)7-3-18/h2-3,6-9,15,17,19-20H,4-5,10-14,16H2,1H3,(H,28,31)/t17-/m1/s1. The maximum atomic E-state index is 13.3. The molecule has 186 valence electrons. The summed E-state index contributed by atoms with van der Waals surface area (Å²) in [6.45, 7) is 2.86. The van der Waals surface area contributed by atoms with Gasteiger partial charge in [-0.25, -0.2) is 12.8 Å². The fraction of sp³-hybridized carbons (Fsp3) is 0.462. The van der Waals surface area contributed by atoms with Crippen molar-refractivity contribution in [2.24, 2.45) is 11.8 Å². The molecule has 2 heterocycles. The first-order valence-electron chi connectivity index (χ1n) is 12.2. The van der Waals surface area contributed by atoms with Crippen LogP contribution in [-0.4, -0.2) is 43.7 Å². The summed E-state index contributed by atoms with van der Waals surface area (Å²) in [6.07, 6.45) is 3.40. The van der Waals surface area contributed by atoms with E-state index in [0.29, 0.717) is 25.8 Å². The van der Waals surface area contributed by atoms with Gasteiger partial charge in [-0.05, 0) is 80.5 Å². The summed E-state index contributed by atoms with van der Waals surface area (Å²) < 4.78 is 41.1. The highest BCUT2D eigenvalue weighted by molar-refractivity contribution is 7.89. The summed E-state index contributed by atoms with van der Waals surface area (Å²) >= 11 is 0. The van der Waals surface area contributed by atoms with Crippen molar-refractivity contribution in [3.05, 3.63) is 59.4 Å². The third kappa shape index (κ3) is 4.84. The Morgan fingerprint density at radius 1 is 1.00 bits per heavy atom. The Labute approximate surface area is 205 Å². The minimum atomic E-state index is -3.69. The number of piperidine rings is 1. The van der Waals surface area contributed by atoms with Gasteiger partial charge < -0.3 is 10.2 Å². The summed E-state index contributed by atoms with van der Waals surface area (Å²) in [4.78, 5) is 27.3. The highest BCUT2D eigenvalue weighted by atomic mass is 32.2. The van der Waals surface area contributed by atoms with E-state index in [1.165, 1.54) is 16.4 Å². The number of benzene rings is 2. The molecular formula is C26H30FN3O4S. The Morgan fingerprint density at radius 2 is 1.69 bits per heavy atom. The molecular weight excluding hydrogens is 469 g/mol. The number of hydrogen-bond acceptors (Lipinski definition) is 4. The fourth-order valence-electron chi connectivity index (χ4n) is 5.07. The average Bonchev–Trinajstić information content (AvgIpc) is 3.65. The summed E-state index contributed by atoms with van der Waals surface area (Å²) in [5, 5.41) is 2.87. The molecule has 1 N–H and O–H groups in total. The molecule has 5 rings (SSSR count). The predicted octanol–water partition coefficient (Wildman–Crippen LogP) is 3.23. The lowest BCUT2D eigenvalue weighted by Gasteiger charge is -2.30. The number of rotatable bonds is 6. The number of carbonyl (C=O) groups is 2. The van der Waals surface area contributed by atoms with Crippen LogP contribution in [0.4, 0.5) is 10.1 Å². The van der Waals surface area contributed by atoms with Gasteiger partial charge in [0.1, 0.15) is 5.82 Å². The molecule has 35 heavy (non-hydrogen) atoms. The summed E-state index contributed by atoms with van der Waals surface area (Å²) in [5.41, 5.74) is 2.52. The van der Waals surface area contributed by atoms with Crippen molar-refractivity contribution in [1.29, 1.82) is 0 Å². The number of carbonyl (C=O) groups excluding carboxylic acids is 2. The molecule has 0 aromatic heterocycles. The van der Waals surface area contributed by atoms with Gasteiger partial charge in [0.15, 0.2) is 0 Å². The van der Waals surface area contributed by atoms with Crippen LogP contribution in [0.25, 0.3) is 0 Å². The van der Waals surface area contributed by atoms with E-state index in [9.17, 15) is 22.4 Å². The van der Waals surface area contributed by atoms with E-state index in [1.54, 1.807) is 30.3 Å². The first-order valence-corrected chi connectivity index (χ1v) is 13.7. The molecule has 1 atom stereocenters. The molecule has 0 spiro atoms. The van der Waals surface area contributed by atoms with Gasteiger partial charge in [0.2, 0.25) is 21.8 Å². The maximum absolute atomic E-state index is 13.3. The minimum absolute atomic E-state index is 0.0280. The van der Waals surface area contributed by atoms with E-state index < -0.39 is 10.0 Å². The van der Waals surface area contributed by atoms with Crippen LogP contribution in [0, 0.1) is 17.7 Å². The van der Waals surface area contributed by atoms with Crippen molar-refractivity contribution in [2.75, 3.05) is 18.0 Å². The number of hydrogen-bond donors (Lipinski definition) is 1. The molecule has 2 aromatic rings. The fourth-order valence-corrected chi connectivity index (χ4v) is 6.59. The predicted molar refractivity (Wildman–Crippen MR) is 130 cm³/mol. The van der Waals surface area contributed by atoms with Gasteiger partial charge in [-0.3, -0.25) is 9.59 Å². The first kappa shape index (κ1) is 23.9. The monoisotopic (exact) mass is 499 g/mol. The zero-order chi connectivity index (χ0) is 24.7. The lowest BCUT2D eigenvalue weighted by atomic mass is 9.97. The second kappa shape index (κ2) is 9.35. The quantitative estimate of drug-likeness (QED) is 0.661. The summed E-state index contributed by atoms with van der Waals surface area (Å²) in [6, 6.07) is 11.1. The molecule has 2 aromatic carbocycles. The van der Waals surface area contributed by atoms with Crippen LogP contribution in [0.1, 0.15) is 43.7 Å². The zero-order valence-electron chi connectivity index (χ0n) is 19.7. The molecule has 1 saturated carbocycles. The number of halogens is 1. The van der Waals surface area contributed by atoms with Gasteiger partial charge in [0, 0.05) is 43.2 Å². The lowest BCUT2D eigenvalue weighted by Crippen LogP contribution is -2.42. The van der Waals surface area contributed by atoms with Crippen molar-refractivity contribution in [2.45, 2.75) is 56.5 Å². The Morgan fingerprint density at radius 3 is 2.34 bits per heavy atom. The summed E-state index contributed by atoms with van der Waals surface area (Å²) in [5.74, 6) is -0.439. The Balaban J connectivity index is 1.20. The van der Waals surface area contributed by atoms with Crippen molar-refractivity contribution < 1.29 is 22.4 Å². The number of nitrogens with one attached hydrogen (secondary N) is 1. The Bertz CT molecular complexity index is 1240. The van der Waals surface area contributed by atoms with E-state index >= 15 is 0 Å². The van der Waals surface area contributed by atoms with Gasteiger partial charge >= 0.3 is 0 Å². The van der Waals surface area contributed by atoms with E-state index in [1.807, 2.05) is 11.8 Å². The van der Waals surface area contributed by atoms with E-state index in [-0.39, 0.29) is 53.5 Å². The molecule has 0 unspecified atom stereocenters. The number of nitrogens with zero attached hydrogens (tertiary/aromatic N) is 2. The van der Waals surface area contributed by atoms with Crippen LogP contribution in [0.15, 0.2) is 47.4 Å². The van der Waals surface area contributed by atoms with Crippen LogP contribution < -0.4 is 10.2 Å². The van der Waals surface area contributed by atoms with Gasteiger partial charge in [0.05, 0.1) is 4.90 Å². The Kier molecular flexibility index (Phi) is 6.40. The van der Waals surface area contributed by atoms with Crippen molar-refractivity contribution in [3.8, 4) is 0 Å². The molecule has 1 aliphatic carbocycles. The van der Waals surface area contributed by atoms with Gasteiger partial charge in [0.25, 0.3) is 0 Å². The van der Waals surface area contributed by atoms with E-state index in [4.69, 9.17) is 0 Å². The average molecular weight is 500 g/mol. The number of amides is 2. The largest absolute Gasteiger partial charge is 0.352 e. The molecule has 0 bridgehead atoms. The highest BCUT2D eigenvalue weighted by Gasteiger charge is 2.40. The smallest absolute Gasteiger partial charge is 0.243 e. The number of sulfonamides is 1. The molecule has 2 amide bonds. The second-order valence-electron chi connectivity index (χ2n) is 9.85. The topological polar surface area (TPSA) is 86.8 Å². The van der Waals surface area contributed by atoms with Crippen LogP contribution >= 0.6 is 0 Å². The molecule has 2 aliphatic heterocycles. The molecule has 9 heteroatoms. The van der Waals surface area contributed by atoms with Gasteiger partial charge in [-0.2, -0.15) is 4.31 Å². The van der Waals surface area contributed by atoms with E-state index in [2.05, 4.69) is 5.32 Å². The molecule has 3 aliphatic rings. The molecule has 2 fully saturated rings. The SMILES string of the molecule is C[C@@H]1Cc2cc(S(=O)(=O)N3CCC(C(=O)NCc4ccc(F)cc4)CC3)ccc2N1C(=O)C1CC1. The van der Waals surface area contributed by atoms with E-state index in [0.717, 1.165) is 29.7 Å². The highest BCUT2D eigenvalue weighted by Crippen LogP contribution is 2.40. The Hall–Kier alpha value is -2.78. The molecule has 0 radical (unpaired) electrons. The number of fused-ring (bicyclic) bond motifs is 1. The van der Waals surface area contributed by atoms with Crippen molar-refractivity contribution >= 4 is 27.5 Å². The normalized spacial score (nSPS) is 21.1. The third-order valence-electron chi connectivity index (χ3n) is 7.27. The lowest BCUT2D eigenvalue weighted by molar-refractivity contribution is -0.126. The van der Waals surface area contributed by atoms with Crippen LogP contribution in [0.5, 0.6) is 0 Å². The maximum Gasteiger partial charge on any atom is 0.243 e. The third-order valence-corrected chi connectivity index (χ3v) is 9.17. The van der Waals surface area contributed by atoms with Crippen LogP contribution in [-0.2, 0) is 32.6 Å².